The summed E-state index contributed by atoms with van der Waals surface area (Å²) >= 11 is 17.8. The van der Waals surface area contributed by atoms with Gasteiger partial charge in [0.25, 0.3) is 0 Å². The number of rotatable bonds is 2. The molecule has 0 heterocycles. The minimum atomic E-state index is -1.20. The summed E-state index contributed by atoms with van der Waals surface area (Å²) in [6, 6.07) is 5.69. The Balaban J connectivity index is 2.56. The van der Waals surface area contributed by atoms with Crippen LogP contribution in [0.2, 0.25) is 10.0 Å². The van der Waals surface area contributed by atoms with E-state index in [9.17, 15) is 13.2 Å². The second kappa shape index (κ2) is 5.61. The summed E-state index contributed by atoms with van der Waals surface area (Å²) in [7, 11) is 0. The lowest BCUT2D eigenvalue weighted by molar-refractivity contribution is 0.526. The average Bonchev–Trinajstić information content (AvgIpc) is 2.31. The van der Waals surface area contributed by atoms with E-state index in [1.807, 2.05) is 0 Å². The van der Waals surface area contributed by atoms with E-state index < -0.39 is 28.4 Å². The van der Waals surface area contributed by atoms with Gasteiger partial charge in [-0.3, -0.25) is 0 Å². The van der Waals surface area contributed by atoms with Crippen LogP contribution in [-0.4, -0.2) is 0 Å². The summed E-state index contributed by atoms with van der Waals surface area (Å²) in [5.74, 6) is -3.16. The highest BCUT2D eigenvalue weighted by atomic mass is 35.5. The van der Waals surface area contributed by atoms with Crippen LogP contribution in [0.1, 0.15) is 16.5 Å². The maximum Gasteiger partial charge on any atom is 0.134 e. The number of halogens is 6. The van der Waals surface area contributed by atoms with E-state index in [1.54, 1.807) is 6.07 Å². The summed E-state index contributed by atoms with van der Waals surface area (Å²) in [5, 5.41) is -0.883. The largest absolute Gasteiger partial charge is 0.207 e. The van der Waals surface area contributed by atoms with Gasteiger partial charge in [0, 0.05) is 17.7 Å². The van der Waals surface area contributed by atoms with Crippen LogP contribution in [0.5, 0.6) is 0 Å². The van der Waals surface area contributed by atoms with Gasteiger partial charge in [0.2, 0.25) is 0 Å². The summed E-state index contributed by atoms with van der Waals surface area (Å²) in [6.45, 7) is 0. The van der Waals surface area contributed by atoms with E-state index in [4.69, 9.17) is 34.8 Å². The maximum absolute atomic E-state index is 13.6. The lowest BCUT2D eigenvalue weighted by atomic mass is 10.0. The van der Waals surface area contributed by atoms with E-state index in [1.165, 1.54) is 12.1 Å². The Kier molecular flexibility index (Phi) is 4.29. The first-order valence-electron chi connectivity index (χ1n) is 5.14. The molecule has 2 rings (SSSR count). The van der Waals surface area contributed by atoms with Crippen LogP contribution >= 0.6 is 34.8 Å². The van der Waals surface area contributed by atoms with Crippen LogP contribution in [0, 0.1) is 17.5 Å². The first kappa shape index (κ1) is 14.5. The summed E-state index contributed by atoms with van der Waals surface area (Å²) < 4.78 is 40.1. The molecular weight excluding hydrogens is 319 g/mol. The Morgan fingerprint density at radius 3 is 2.11 bits per heavy atom. The molecule has 0 spiro atoms. The van der Waals surface area contributed by atoms with Crippen molar-refractivity contribution in [3.63, 3.8) is 0 Å². The van der Waals surface area contributed by atoms with Crippen molar-refractivity contribution in [2.75, 3.05) is 0 Å². The molecule has 0 aliphatic heterocycles. The molecule has 2 aromatic carbocycles. The highest BCUT2D eigenvalue weighted by Crippen LogP contribution is 2.39. The van der Waals surface area contributed by atoms with Gasteiger partial charge in [0.15, 0.2) is 0 Å². The zero-order valence-electron chi connectivity index (χ0n) is 9.23. The fourth-order valence-electron chi connectivity index (χ4n) is 1.67. The summed E-state index contributed by atoms with van der Waals surface area (Å²) in [6.07, 6.45) is 0. The molecule has 0 aliphatic rings. The van der Waals surface area contributed by atoms with Crippen LogP contribution in [-0.2, 0) is 0 Å². The molecule has 0 radical (unpaired) electrons. The van der Waals surface area contributed by atoms with Gasteiger partial charge in [-0.1, -0.05) is 35.3 Å². The molecule has 0 aromatic heterocycles. The molecule has 1 unspecified atom stereocenters. The Bertz CT molecular complexity index is 606. The average molecular weight is 326 g/mol. The van der Waals surface area contributed by atoms with Gasteiger partial charge in [-0.25, -0.2) is 13.2 Å². The van der Waals surface area contributed by atoms with Crippen molar-refractivity contribution < 1.29 is 13.2 Å². The molecule has 19 heavy (non-hydrogen) atoms. The van der Waals surface area contributed by atoms with E-state index >= 15 is 0 Å². The Labute approximate surface area is 122 Å². The maximum atomic E-state index is 13.6. The van der Waals surface area contributed by atoms with Crippen molar-refractivity contribution in [3.05, 3.63) is 69.0 Å². The predicted octanol–water partition coefficient (Wildman–Crippen LogP) is 5.74. The van der Waals surface area contributed by atoms with Crippen LogP contribution < -0.4 is 0 Å². The molecule has 0 bridgehead atoms. The second-order valence-corrected chi connectivity index (χ2v) is 5.01. The van der Waals surface area contributed by atoms with Gasteiger partial charge in [-0.2, -0.15) is 0 Å². The fourth-order valence-corrected chi connectivity index (χ4v) is 2.53. The van der Waals surface area contributed by atoms with Gasteiger partial charge < -0.3 is 0 Å². The second-order valence-electron chi connectivity index (χ2n) is 3.79. The SMILES string of the molecule is Fc1cc(F)c(C(Cl)c2cccc(Cl)c2Cl)c(F)c1. The highest BCUT2D eigenvalue weighted by Gasteiger charge is 2.23. The normalized spacial score (nSPS) is 12.5. The number of hydrogen-bond acceptors (Lipinski definition) is 0. The Hall–Kier alpha value is -0.900. The number of benzene rings is 2. The minimum Gasteiger partial charge on any atom is -0.207 e. The first-order valence-corrected chi connectivity index (χ1v) is 6.33. The third kappa shape index (κ3) is 2.83. The first-order chi connectivity index (χ1) is 8.91. The fraction of sp³-hybridized carbons (Fsp3) is 0.0769. The number of hydrogen-bond donors (Lipinski definition) is 0. The van der Waals surface area contributed by atoms with Crippen LogP contribution in [0.25, 0.3) is 0 Å². The smallest absolute Gasteiger partial charge is 0.134 e. The minimum absolute atomic E-state index is 0.104. The van der Waals surface area contributed by atoms with Gasteiger partial charge >= 0.3 is 0 Å². The van der Waals surface area contributed by atoms with Crippen LogP contribution in [0.15, 0.2) is 30.3 Å². The predicted molar refractivity (Wildman–Crippen MR) is 70.5 cm³/mol. The molecule has 0 saturated carbocycles. The van der Waals surface area contributed by atoms with Crippen LogP contribution in [0.4, 0.5) is 13.2 Å². The van der Waals surface area contributed by atoms with Crippen LogP contribution in [0.3, 0.4) is 0 Å². The van der Waals surface area contributed by atoms with Crippen molar-refractivity contribution in [1.29, 1.82) is 0 Å². The lowest BCUT2D eigenvalue weighted by Crippen LogP contribution is -2.03. The van der Waals surface area contributed by atoms with Crippen molar-refractivity contribution in [2.24, 2.45) is 0 Å². The quantitative estimate of drug-likeness (QED) is 0.618. The van der Waals surface area contributed by atoms with E-state index in [0.717, 1.165) is 0 Å². The van der Waals surface area contributed by atoms with Crippen molar-refractivity contribution in [1.82, 2.24) is 0 Å². The third-order valence-corrected chi connectivity index (χ3v) is 3.84. The van der Waals surface area contributed by atoms with Gasteiger partial charge in [-0.05, 0) is 11.6 Å². The molecule has 0 fully saturated rings. The van der Waals surface area contributed by atoms with Crippen molar-refractivity contribution in [2.45, 2.75) is 5.38 Å². The molecular formula is C13H6Cl3F3. The van der Waals surface area contributed by atoms with E-state index in [-0.39, 0.29) is 15.6 Å². The van der Waals surface area contributed by atoms with E-state index in [2.05, 4.69) is 0 Å². The standard InChI is InChI=1S/C13H6Cl3F3/c14-8-3-1-2-7(12(8)15)13(16)11-9(18)4-6(17)5-10(11)19/h1-5,13H. The lowest BCUT2D eigenvalue weighted by Gasteiger charge is -2.14. The van der Waals surface area contributed by atoms with Crippen molar-refractivity contribution >= 4 is 34.8 Å². The third-order valence-electron chi connectivity index (χ3n) is 2.55. The molecule has 1 atom stereocenters. The Morgan fingerprint density at radius 2 is 1.53 bits per heavy atom. The van der Waals surface area contributed by atoms with E-state index in [0.29, 0.717) is 12.1 Å². The van der Waals surface area contributed by atoms with Gasteiger partial charge in [0.05, 0.1) is 15.4 Å². The van der Waals surface area contributed by atoms with Crippen molar-refractivity contribution in [3.8, 4) is 0 Å². The van der Waals surface area contributed by atoms with Gasteiger partial charge in [-0.15, -0.1) is 11.6 Å². The molecule has 0 amide bonds. The topological polar surface area (TPSA) is 0 Å². The highest BCUT2D eigenvalue weighted by molar-refractivity contribution is 6.43. The zero-order chi connectivity index (χ0) is 14.2. The summed E-state index contributed by atoms with van der Waals surface area (Å²) in [5.41, 5.74) is -0.215. The molecule has 0 nitrogen and oxygen atoms in total. The Morgan fingerprint density at radius 1 is 0.947 bits per heavy atom. The molecule has 6 heteroatoms. The molecule has 2 aromatic rings. The zero-order valence-corrected chi connectivity index (χ0v) is 11.5. The molecule has 0 saturated heterocycles. The molecule has 0 aliphatic carbocycles. The number of alkyl halides is 1. The monoisotopic (exact) mass is 324 g/mol. The van der Waals surface area contributed by atoms with Gasteiger partial charge in [0.1, 0.15) is 17.5 Å². The summed E-state index contributed by atoms with van der Waals surface area (Å²) in [4.78, 5) is 0. The molecule has 100 valence electrons. The molecule has 0 N–H and O–H groups in total.